The lowest BCUT2D eigenvalue weighted by atomic mass is 9.84. The van der Waals surface area contributed by atoms with Crippen LogP contribution in [0.15, 0.2) is 18.2 Å². The molecule has 0 bridgehead atoms. The summed E-state index contributed by atoms with van der Waals surface area (Å²) in [7, 11) is 0. The van der Waals surface area contributed by atoms with Crippen LogP contribution in [0.4, 0.5) is 4.39 Å². The molecule has 1 aromatic carbocycles. The molecular formula is C15H20ClFN2O2. The van der Waals surface area contributed by atoms with Crippen LogP contribution in [0.2, 0.25) is 5.02 Å². The van der Waals surface area contributed by atoms with E-state index in [0.717, 1.165) is 31.7 Å². The molecule has 6 heteroatoms. The molecule has 1 aromatic rings. The largest absolute Gasteiger partial charge is 0.482 e. The summed E-state index contributed by atoms with van der Waals surface area (Å²) in [5, 5.41) is 3.11. The lowest BCUT2D eigenvalue weighted by Crippen LogP contribution is -2.46. The Hall–Kier alpha value is -1.33. The summed E-state index contributed by atoms with van der Waals surface area (Å²) in [5.74, 6) is -0.0186. The predicted octanol–water partition coefficient (Wildman–Crippen LogP) is 2.49. The summed E-state index contributed by atoms with van der Waals surface area (Å²) in [6.07, 6.45) is 4.26. The number of rotatable bonds is 5. The van der Waals surface area contributed by atoms with E-state index in [1.165, 1.54) is 12.1 Å². The highest BCUT2D eigenvalue weighted by Crippen LogP contribution is 2.25. The first-order chi connectivity index (χ1) is 10.1. The smallest absolute Gasteiger partial charge is 0.258 e. The lowest BCUT2D eigenvalue weighted by Gasteiger charge is -2.31. The van der Waals surface area contributed by atoms with Crippen molar-refractivity contribution in [2.75, 3.05) is 13.2 Å². The second-order valence-corrected chi connectivity index (χ2v) is 5.72. The molecule has 0 saturated heterocycles. The summed E-state index contributed by atoms with van der Waals surface area (Å²) in [6, 6.07) is 3.92. The third-order valence-corrected chi connectivity index (χ3v) is 4.11. The average molecular weight is 315 g/mol. The number of benzene rings is 1. The molecule has 0 spiro atoms. The monoisotopic (exact) mass is 314 g/mol. The minimum Gasteiger partial charge on any atom is -0.482 e. The van der Waals surface area contributed by atoms with E-state index in [2.05, 4.69) is 5.32 Å². The van der Waals surface area contributed by atoms with Gasteiger partial charge in [0.25, 0.3) is 5.91 Å². The number of carbonyl (C=O) groups is 1. The average Bonchev–Trinajstić information content (AvgIpc) is 2.47. The van der Waals surface area contributed by atoms with E-state index in [9.17, 15) is 9.18 Å². The molecule has 21 heavy (non-hydrogen) atoms. The maximum absolute atomic E-state index is 12.9. The van der Waals surface area contributed by atoms with E-state index in [1.54, 1.807) is 0 Å². The Balaban J connectivity index is 1.84. The number of amides is 1. The summed E-state index contributed by atoms with van der Waals surface area (Å²) in [6.45, 7) is 0.439. The summed E-state index contributed by atoms with van der Waals surface area (Å²) < 4.78 is 18.2. The molecule has 2 rings (SSSR count). The highest BCUT2D eigenvalue weighted by Gasteiger charge is 2.25. The number of hydrogen-bond donors (Lipinski definition) is 2. The highest BCUT2D eigenvalue weighted by molar-refractivity contribution is 6.32. The van der Waals surface area contributed by atoms with Crippen LogP contribution in [-0.2, 0) is 4.79 Å². The van der Waals surface area contributed by atoms with Gasteiger partial charge >= 0.3 is 0 Å². The maximum Gasteiger partial charge on any atom is 0.258 e. The van der Waals surface area contributed by atoms with Gasteiger partial charge in [-0.05, 0) is 43.5 Å². The van der Waals surface area contributed by atoms with Crippen molar-refractivity contribution in [1.29, 1.82) is 0 Å². The zero-order valence-electron chi connectivity index (χ0n) is 11.8. The van der Waals surface area contributed by atoms with Crippen LogP contribution >= 0.6 is 11.6 Å². The first-order valence-corrected chi connectivity index (χ1v) is 7.55. The van der Waals surface area contributed by atoms with Gasteiger partial charge in [0.15, 0.2) is 6.61 Å². The molecule has 116 valence electrons. The molecule has 1 aliphatic carbocycles. The summed E-state index contributed by atoms with van der Waals surface area (Å²) in [5.41, 5.74) is 5.73. The van der Waals surface area contributed by atoms with Crippen LogP contribution in [0, 0.1) is 11.7 Å². The Morgan fingerprint density at radius 1 is 1.43 bits per heavy atom. The van der Waals surface area contributed by atoms with Crippen LogP contribution in [0.5, 0.6) is 5.75 Å². The van der Waals surface area contributed by atoms with Crippen molar-refractivity contribution >= 4 is 17.5 Å². The molecule has 0 aromatic heterocycles. The van der Waals surface area contributed by atoms with Crippen LogP contribution in [-0.4, -0.2) is 25.1 Å². The maximum atomic E-state index is 12.9. The van der Waals surface area contributed by atoms with Gasteiger partial charge < -0.3 is 15.8 Å². The van der Waals surface area contributed by atoms with Gasteiger partial charge in [-0.2, -0.15) is 0 Å². The van der Waals surface area contributed by atoms with Crippen LogP contribution in [0.3, 0.4) is 0 Å². The van der Waals surface area contributed by atoms with Gasteiger partial charge in [-0.1, -0.05) is 24.4 Å². The van der Waals surface area contributed by atoms with E-state index < -0.39 is 5.82 Å². The summed E-state index contributed by atoms with van der Waals surface area (Å²) in [4.78, 5) is 11.9. The minimum atomic E-state index is -0.440. The van der Waals surface area contributed by atoms with Gasteiger partial charge in [-0.3, -0.25) is 4.79 Å². The van der Waals surface area contributed by atoms with Crippen molar-refractivity contribution in [3.8, 4) is 5.75 Å². The van der Waals surface area contributed by atoms with Gasteiger partial charge in [0.2, 0.25) is 0 Å². The van der Waals surface area contributed by atoms with Crippen LogP contribution in [0.1, 0.15) is 25.7 Å². The topological polar surface area (TPSA) is 64.3 Å². The van der Waals surface area contributed by atoms with Crippen molar-refractivity contribution in [3.63, 3.8) is 0 Å². The van der Waals surface area contributed by atoms with Crippen molar-refractivity contribution in [2.24, 2.45) is 11.7 Å². The third-order valence-electron chi connectivity index (χ3n) is 3.81. The molecule has 1 aliphatic rings. The molecule has 0 aliphatic heterocycles. The molecule has 2 unspecified atom stereocenters. The van der Waals surface area contributed by atoms with Crippen LogP contribution in [0.25, 0.3) is 0 Å². The number of ether oxygens (including phenoxy) is 1. The zero-order valence-corrected chi connectivity index (χ0v) is 12.5. The molecule has 1 saturated carbocycles. The first-order valence-electron chi connectivity index (χ1n) is 7.17. The quantitative estimate of drug-likeness (QED) is 0.877. The summed E-state index contributed by atoms with van der Waals surface area (Å²) >= 11 is 5.84. The Kier molecular flexibility index (Phi) is 5.82. The molecule has 1 amide bonds. The number of carbonyl (C=O) groups excluding carboxylic acids is 1. The molecule has 0 radical (unpaired) electrons. The fourth-order valence-corrected chi connectivity index (χ4v) is 2.89. The van der Waals surface area contributed by atoms with E-state index in [4.69, 9.17) is 22.1 Å². The fourth-order valence-electron chi connectivity index (χ4n) is 2.66. The van der Waals surface area contributed by atoms with E-state index >= 15 is 0 Å². The minimum absolute atomic E-state index is 0.114. The van der Waals surface area contributed by atoms with Gasteiger partial charge in [0.05, 0.1) is 5.02 Å². The Morgan fingerprint density at radius 3 is 2.90 bits per heavy atom. The predicted molar refractivity (Wildman–Crippen MR) is 79.8 cm³/mol. The Morgan fingerprint density at radius 2 is 2.19 bits per heavy atom. The van der Waals surface area contributed by atoms with Gasteiger partial charge in [-0.15, -0.1) is 0 Å². The Bertz CT molecular complexity index is 499. The number of nitrogens with one attached hydrogen (secondary N) is 1. The second-order valence-electron chi connectivity index (χ2n) is 5.32. The van der Waals surface area contributed by atoms with Crippen molar-refractivity contribution < 1.29 is 13.9 Å². The number of halogens is 2. The van der Waals surface area contributed by atoms with Crippen molar-refractivity contribution in [1.82, 2.24) is 5.32 Å². The third kappa shape index (κ3) is 4.58. The Labute approximate surface area is 128 Å². The standard InChI is InChI=1S/C15H20ClFN2O2/c16-12-7-11(17)5-6-14(12)21-9-15(20)19-13-4-2-1-3-10(13)8-18/h5-7,10,13H,1-4,8-9,18H2,(H,19,20). The molecule has 0 heterocycles. The fraction of sp³-hybridized carbons (Fsp3) is 0.533. The van der Waals surface area contributed by atoms with Crippen LogP contribution < -0.4 is 15.8 Å². The normalized spacial score (nSPS) is 21.9. The first kappa shape index (κ1) is 16.0. The second kappa shape index (κ2) is 7.61. The van der Waals surface area contributed by atoms with E-state index in [1.807, 2.05) is 0 Å². The SMILES string of the molecule is NCC1CCCCC1NC(=O)COc1ccc(F)cc1Cl. The zero-order chi connectivity index (χ0) is 15.2. The molecule has 2 atom stereocenters. The molecular weight excluding hydrogens is 295 g/mol. The van der Waals surface area contributed by atoms with Crippen molar-refractivity contribution in [2.45, 2.75) is 31.7 Å². The molecule has 1 fully saturated rings. The highest BCUT2D eigenvalue weighted by atomic mass is 35.5. The number of hydrogen-bond acceptors (Lipinski definition) is 3. The van der Waals surface area contributed by atoms with E-state index in [-0.39, 0.29) is 23.6 Å². The van der Waals surface area contributed by atoms with Crippen molar-refractivity contribution in [3.05, 3.63) is 29.0 Å². The van der Waals surface area contributed by atoms with Gasteiger partial charge in [0.1, 0.15) is 11.6 Å². The molecule has 4 nitrogen and oxygen atoms in total. The number of nitrogens with two attached hydrogens (primary N) is 1. The lowest BCUT2D eigenvalue weighted by molar-refractivity contribution is -0.124. The molecule has 3 N–H and O–H groups in total. The van der Waals surface area contributed by atoms with Gasteiger partial charge in [0, 0.05) is 6.04 Å². The van der Waals surface area contributed by atoms with Gasteiger partial charge in [-0.25, -0.2) is 4.39 Å². The van der Waals surface area contributed by atoms with E-state index in [0.29, 0.717) is 18.2 Å².